The highest BCUT2D eigenvalue weighted by atomic mass is 16.5. The summed E-state index contributed by atoms with van der Waals surface area (Å²) in [6.45, 7) is 0. The Balaban J connectivity index is 2.80. The summed E-state index contributed by atoms with van der Waals surface area (Å²) in [7, 11) is 22.2. The Hall–Kier alpha value is -2.11. The Morgan fingerprint density at radius 3 is 1.69 bits per heavy atom. The number of hydrogen-bond donors (Lipinski definition) is 0. The highest BCUT2D eigenvalue weighted by Gasteiger charge is 2.37. The van der Waals surface area contributed by atoms with Crippen molar-refractivity contribution in [2.45, 2.75) is 5.34 Å². The van der Waals surface area contributed by atoms with Crippen LogP contribution in [0.4, 0.5) is 0 Å². The van der Waals surface area contributed by atoms with Crippen LogP contribution >= 0.6 is 0 Å². The molecule has 1 heterocycles. The maximum atomic E-state index is 13.4. The maximum absolute atomic E-state index is 13.4. The molecule has 0 bridgehead atoms. The first-order valence-corrected chi connectivity index (χ1v) is 10.7. The molecule has 150 valence electrons. The van der Waals surface area contributed by atoms with Gasteiger partial charge in [-0.2, -0.15) is 0 Å². The van der Waals surface area contributed by atoms with Gasteiger partial charge in [-0.15, -0.1) is 16.4 Å². The molecule has 0 aliphatic rings. The first-order valence-electron chi connectivity index (χ1n) is 10.7. The molecule has 0 fully saturated rings. The van der Waals surface area contributed by atoms with Crippen LogP contribution in [0.25, 0.3) is 11.1 Å². The van der Waals surface area contributed by atoms with E-state index in [0.717, 1.165) is 22.2 Å². The van der Waals surface area contributed by atoms with Crippen LogP contribution in [0.1, 0.15) is 10.5 Å². The summed E-state index contributed by atoms with van der Waals surface area (Å²) in [6.07, 6.45) is 0. The second-order valence-electron chi connectivity index (χ2n) is 8.99. The van der Waals surface area contributed by atoms with Crippen LogP contribution in [0.15, 0.2) is 0 Å². The molecule has 0 aliphatic carbocycles. The number of rotatable bonds is 5. The minimum absolute atomic E-state index is 0.182. The molecule has 2 aromatic rings. The van der Waals surface area contributed by atoms with Crippen LogP contribution in [0.2, 0.25) is 0 Å². The van der Waals surface area contributed by atoms with E-state index in [1.807, 2.05) is 15.7 Å². The van der Waals surface area contributed by atoms with Crippen LogP contribution in [0, 0.1) is 0 Å². The van der Waals surface area contributed by atoms with Gasteiger partial charge in [0, 0.05) is 5.59 Å². The topological polar surface area (TPSA) is 68.7 Å². The van der Waals surface area contributed by atoms with Gasteiger partial charge in [-0.05, 0) is 16.6 Å². The van der Waals surface area contributed by atoms with Crippen molar-refractivity contribution < 1.29 is 18.9 Å². The molecule has 32 heavy (non-hydrogen) atoms. The lowest BCUT2D eigenvalue weighted by Crippen LogP contribution is -2.58. The molecule has 1 aromatic heterocycles. The Morgan fingerprint density at radius 2 is 1.25 bits per heavy atom. The molecule has 0 spiro atoms. The Bertz CT molecular complexity index is 1100. The van der Waals surface area contributed by atoms with Crippen molar-refractivity contribution in [2.75, 3.05) is 0 Å². The van der Waals surface area contributed by atoms with Crippen LogP contribution in [0.5, 0.6) is 5.75 Å². The Labute approximate surface area is 201 Å². The zero-order valence-corrected chi connectivity index (χ0v) is 21.5. The molecule has 6 nitrogen and oxygen atoms in total. The summed E-state index contributed by atoms with van der Waals surface area (Å²) >= 11 is 0. The second kappa shape index (κ2) is 9.40. The number of aromatic nitrogens is 1. The first-order chi connectivity index (χ1) is 14.7. The van der Waals surface area contributed by atoms with Crippen molar-refractivity contribution in [3.63, 3.8) is 0 Å². The lowest BCUT2D eigenvalue weighted by molar-refractivity contribution is -0.136. The van der Waals surface area contributed by atoms with E-state index in [9.17, 15) is 9.59 Å². The van der Waals surface area contributed by atoms with Crippen molar-refractivity contribution >= 4 is 145 Å². The van der Waals surface area contributed by atoms with E-state index in [1.54, 1.807) is 23.7 Å². The Kier molecular flexibility index (Phi) is 7.68. The fourth-order valence-corrected chi connectivity index (χ4v) is 4.27. The third-order valence-corrected chi connectivity index (χ3v) is 7.06. The molecule has 0 radical (unpaired) electrons. The highest BCUT2D eigenvalue weighted by Crippen LogP contribution is 2.21. The molecule has 18 heteroatoms. The van der Waals surface area contributed by atoms with E-state index in [4.69, 9.17) is 14.3 Å². The number of carbonyl (C=O) groups is 2. The molecule has 1 amide bonds. The standard InChI is InChI=1S/C14H24B12N2O4/c15-3-1(4(16)7(19)8(20)6(3)18)2-5(17)10(31-25)9(27-11(2)21)12(29)28(24)14(22,23)13(30)32-26/h15-26H2. The van der Waals surface area contributed by atoms with E-state index in [-0.39, 0.29) is 5.69 Å². The summed E-state index contributed by atoms with van der Waals surface area (Å²) in [5.41, 5.74) is 10.1. The quantitative estimate of drug-likeness (QED) is 0.455. The molecular weight excluding hydrogens is 390 g/mol. The van der Waals surface area contributed by atoms with E-state index < -0.39 is 17.2 Å². The van der Waals surface area contributed by atoms with Gasteiger partial charge in [0.15, 0.2) is 13.5 Å². The molecule has 0 unspecified atom stereocenters. The molecule has 2 rings (SSSR count). The third kappa shape index (κ3) is 4.13. The van der Waals surface area contributed by atoms with Gasteiger partial charge in [0.1, 0.15) is 68.5 Å². The number of nitrogens with zero attached hydrogens (tertiary/aromatic N) is 2. The predicted octanol–water partition coefficient (Wildman–Crippen LogP) is -15.5. The normalized spacial score (nSPS) is 11.0. The third-order valence-electron chi connectivity index (χ3n) is 7.06. The number of amides is 1. The van der Waals surface area contributed by atoms with E-state index in [0.29, 0.717) is 5.75 Å². The summed E-state index contributed by atoms with van der Waals surface area (Å²) < 4.78 is 10.6. The minimum Gasteiger partial charge on any atom is -0.567 e. The summed E-state index contributed by atoms with van der Waals surface area (Å²) in [5.74, 6) is -0.494. The fraction of sp³-hybridized carbons (Fsp3) is 0.0714. The van der Waals surface area contributed by atoms with E-state index >= 15 is 0 Å². The van der Waals surface area contributed by atoms with Crippen LogP contribution in [-0.2, 0) is 9.45 Å². The predicted molar refractivity (Wildman–Crippen MR) is 165 cm³/mol. The second-order valence-corrected chi connectivity index (χ2v) is 8.99. The van der Waals surface area contributed by atoms with Crippen LogP contribution in [-0.4, -0.2) is 122 Å². The van der Waals surface area contributed by atoms with Gasteiger partial charge in [-0.25, -0.2) is 0 Å². The van der Waals surface area contributed by atoms with Crippen LogP contribution < -0.4 is 43.0 Å². The Morgan fingerprint density at radius 1 is 0.781 bits per heavy atom. The van der Waals surface area contributed by atoms with E-state index in [1.165, 1.54) is 48.2 Å². The summed E-state index contributed by atoms with van der Waals surface area (Å²) in [6, 6.07) is 0. The molecule has 0 N–H and O–H groups in total. The van der Waals surface area contributed by atoms with Gasteiger partial charge >= 0.3 is 16.1 Å². The van der Waals surface area contributed by atoms with Crippen molar-refractivity contribution in [3.05, 3.63) is 5.69 Å². The van der Waals surface area contributed by atoms with Crippen molar-refractivity contribution in [3.8, 4) is 16.9 Å². The average molecular weight is 414 g/mol. The van der Waals surface area contributed by atoms with Gasteiger partial charge in [0.2, 0.25) is 7.98 Å². The number of pyridine rings is 1. The van der Waals surface area contributed by atoms with E-state index in [2.05, 4.69) is 39.2 Å². The van der Waals surface area contributed by atoms with Gasteiger partial charge < -0.3 is 14.1 Å². The number of benzene rings is 1. The molecule has 0 aliphatic heterocycles. The summed E-state index contributed by atoms with van der Waals surface area (Å²) in [5, 5.41) is -1.16. The lowest BCUT2D eigenvalue weighted by Gasteiger charge is -2.35. The highest BCUT2D eigenvalue weighted by molar-refractivity contribution is 6.69. The van der Waals surface area contributed by atoms with Gasteiger partial charge in [0.05, 0.1) is 5.34 Å². The van der Waals surface area contributed by atoms with Crippen molar-refractivity contribution in [2.24, 2.45) is 0 Å². The van der Waals surface area contributed by atoms with Crippen LogP contribution in [0.3, 0.4) is 0 Å². The lowest BCUT2D eigenvalue weighted by atomic mass is 9.58. The zero-order chi connectivity index (χ0) is 24.7. The van der Waals surface area contributed by atoms with Gasteiger partial charge in [0.25, 0.3) is 11.9 Å². The zero-order valence-electron chi connectivity index (χ0n) is 21.5. The smallest absolute Gasteiger partial charge is 0.326 e. The van der Waals surface area contributed by atoms with Gasteiger partial charge in [-0.3, -0.25) is 14.6 Å². The number of hydrogen-bond acceptors (Lipinski definition) is 5. The fourth-order valence-electron chi connectivity index (χ4n) is 4.27. The SMILES string of the molecule is BOC(=O)C(B)(B)N(B)C(=O)c1nc(B)c(-c2c(B)c(B)c(B)c(B)c2B)c(B)c1OB. The number of carbonyl (C=O) groups excluding carboxylic acids is 2. The monoisotopic (exact) mass is 416 g/mol. The minimum atomic E-state index is -1.16. The van der Waals surface area contributed by atoms with Crippen molar-refractivity contribution in [1.29, 1.82) is 0 Å². The first kappa shape index (κ1) is 26.1. The van der Waals surface area contributed by atoms with Gasteiger partial charge in [-0.1, -0.05) is 10.9 Å². The van der Waals surface area contributed by atoms with Crippen molar-refractivity contribution in [1.82, 2.24) is 9.79 Å². The maximum Gasteiger partial charge on any atom is 0.326 e. The molecule has 0 atom stereocenters. The summed E-state index contributed by atoms with van der Waals surface area (Å²) in [4.78, 5) is 31.7. The molecule has 0 saturated heterocycles. The molecule has 0 saturated carbocycles. The largest absolute Gasteiger partial charge is 0.567 e. The average Bonchev–Trinajstić information content (AvgIpc) is 2.76. The molecular formula is C14H24B12N2O4. The molecule has 1 aromatic carbocycles.